The van der Waals surface area contributed by atoms with Crippen molar-refractivity contribution in [1.82, 2.24) is 0 Å². The number of benzene rings is 11. The number of hydrogen-bond acceptors (Lipinski definition) is 0. The summed E-state index contributed by atoms with van der Waals surface area (Å²) in [5.41, 5.74) is 13.0. The molecule has 11 aromatic carbocycles. The van der Waals surface area contributed by atoms with Crippen molar-refractivity contribution in [3.8, 4) is 44.5 Å². The van der Waals surface area contributed by atoms with Crippen molar-refractivity contribution >= 4 is 64.6 Å². The molecule has 0 unspecified atom stereocenters. The van der Waals surface area contributed by atoms with Crippen LogP contribution in [0.4, 0.5) is 0 Å². The standard InChI is InChI=1S/C57H38/c1-57(2)51-34-50(41-24-6-8-25-43(41)54(51)55-44-26-9-5-22-39(44)40-23-7-14-31-49(40)56(55)57)36-19-15-20-37(33-36)52-45-27-10-12-29-47(45)53(48-30-13-11-28-46(48)52)42-32-16-18-35-17-3-4-21-38(35)42/h3-34H,1-2H3. The lowest BCUT2D eigenvalue weighted by Crippen LogP contribution is -2.16. The van der Waals surface area contributed by atoms with E-state index >= 15 is 0 Å². The van der Waals surface area contributed by atoms with Crippen LogP contribution in [-0.4, -0.2) is 0 Å². The summed E-state index contributed by atoms with van der Waals surface area (Å²) in [6.45, 7) is 4.87. The van der Waals surface area contributed by atoms with Crippen LogP contribution in [0.25, 0.3) is 109 Å². The summed E-state index contributed by atoms with van der Waals surface area (Å²) in [5, 5.41) is 15.6. The average Bonchev–Trinajstić information content (AvgIpc) is 3.51. The van der Waals surface area contributed by atoms with Gasteiger partial charge in [0, 0.05) is 5.41 Å². The van der Waals surface area contributed by atoms with Crippen molar-refractivity contribution in [2.45, 2.75) is 19.3 Å². The Morgan fingerprint density at radius 1 is 0.281 bits per heavy atom. The van der Waals surface area contributed by atoms with Gasteiger partial charge in [-0.2, -0.15) is 0 Å². The molecule has 0 saturated carbocycles. The van der Waals surface area contributed by atoms with Crippen LogP contribution in [0.2, 0.25) is 0 Å². The molecule has 0 atom stereocenters. The highest BCUT2D eigenvalue weighted by atomic mass is 14.4. The van der Waals surface area contributed by atoms with E-state index in [-0.39, 0.29) is 5.41 Å². The fourth-order valence-corrected chi connectivity index (χ4v) is 10.6. The molecule has 0 nitrogen and oxygen atoms in total. The molecule has 1 aliphatic rings. The molecule has 12 rings (SSSR count). The van der Waals surface area contributed by atoms with Crippen molar-refractivity contribution in [3.63, 3.8) is 0 Å². The smallest absolute Gasteiger partial charge is 0.0165 e. The Kier molecular flexibility index (Phi) is 6.78. The van der Waals surface area contributed by atoms with Gasteiger partial charge in [0.15, 0.2) is 0 Å². The van der Waals surface area contributed by atoms with Crippen LogP contribution >= 0.6 is 0 Å². The minimum atomic E-state index is -0.200. The summed E-state index contributed by atoms with van der Waals surface area (Å²) in [7, 11) is 0. The summed E-state index contributed by atoms with van der Waals surface area (Å²) >= 11 is 0. The summed E-state index contributed by atoms with van der Waals surface area (Å²) in [6, 6.07) is 72.5. The zero-order chi connectivity index (χ0) is 37.8. The molecule has 1 aliphatic carbocycles. The van der Waals surface area contributed by atoms with Crippen molar-refractivity contribution < 1.29 is 0 Å². The molecule has 0 bridgehead atoms. The molecular weight excluding hydrogens is 685 g/mol. The summed E-state index contributed by atoms with van der Waals surface area (Å²) in [6.07, 6.45) is 0. The van der Waals surface area contributed by atoms with Crippen LogP contribution in [0.15, 0.2) is 194 Å². The fourth-order valence-electron chi connectivity index (χ4n) is 10.6. The molecule has 11 aromatic rings. The van der Waals surface area contributed by atoms with Crippen LogP contribution in [0.3, 0.4) is 0 Å². The van der Waals surface area contributed by atoms with E-state index < -0.39 is 0 Å². The number of rotatable bonds is 3. The molecule has 0 radical (unpaired) electrons. The predicted molar refractivity (Wildman–Crippen MR) is 245 cm³/mol. The van der Waals surface area contributed by atoms with Crippen LogP contribution < -0.4 is 0 Å². The van der Waals surface area contributed by atoms with Crippen LogP contribution in [-0.2, 0) is 5.41 Å². The molecule has 0 heterocycles. The molecule has 0 spiro atoms. The summed E-state index contributed by atoms with van der Waals surface area (Å²) in [4.78, 5) is 0. The summed E-state index contributed by atoms with van der Waals surface area (Å²) < 4.78 is 0. The average molecular weight is 723 g/mol. The van der Waals surface area contributed by atoms with Gasteiger partial charge in [-0.05, 0) is 132 Å². The summed E-state index contributed by atoms with van der Waals surface area (Å²) in [5.74, 6) is 0. The van der Waals surface area contributed by atoms with E-state index in [9.17, 15) is 0 Å². The van der Waals surface area contributed by atoms with Gasteiger partial charge in [-0.1, -0.05) is 196 Å². The molecular formula is C57H38. The first-order chi connectivity index (χ1) is 28.1. The lowest BCUT2D eigenvalue weighted by Gasteiger charge is -2.25. The number of hydrogen-bond donors (Lipinski definition) is 0. The molecule has 0 aliphatic heterocycles. The highest BCUT2D eigenvalue weighted by Gasteiger charge is 2.40. The maximum Gasteiger partial charge on any atom is 0.0165 e. The van der Waals surface area contributed by atoms with Gasteiger partial charge < -0.3 is 0 Å². The van der Waals surface area contributed by atoms with Gasteiger partial charge >= 0.3 is 0 Å². The van der Waals surface area contributed by atoms with Gasteiger partial charge in [0.25, 0.3) is 0 Å². The third-order valence-corrected chi connectivity index (χ3v) is 13.0. The molecule has 0 saturated heterocycles. The van der Waals surface area contributed by atoms with E-state index in [4.69, 9.17) is 0 Å². The monoisotopic (exact) mass is 722 g/mol. The van der Waals surface area contributed by atoms with Crippen molar-refractivity contribution in [2.24, 2.45) is 0 Å². The van der Waals surface area contributed by atoms with Crippen LogP contribution in [0.1, 0.15) is 25.0 Å². The molecule has 0 N–H and O–H groups in total. The Hall–Kier alpha value is -7.02. The van der Waals surface area contributed by atoms with Crippen molar-refractivity contribution in [3.05, 3.63) is 205 Å². The fraction of sp³-hybridized carbons (Fsp3) is 0.0526. The molecule has 0 heteroatoms. The lowest BCUT2D eigenvalue weighted by molar-refractivity contribution is 0.667. The third kappa shape index (κ3) is 4.50. The normalized spacial score (nSPS) is 13.2. The second kappa shape index (κ2) is 12.0. The predicted octanol–water partition coefficient (Wildman–Crippen LogP) is 15.9. The first kappa shape index (κ1) is 32.2. The zero-order valence-electron chi connectivity index (χ0n) is 32.0. The first-order valence-corrected chi connectivity index (χ1v) is 20.1. The Labute approximate surface area is 332 Å². The maximum absolute atomic E-state index is 2.53. The van der Waals surface area contributed by atoms with Gasteiger partial charge in [0.05, 0.1) is 0 Å². The molecule has 0 amide bonds. The highest BCUT2D eigenvalue weighted by molar-refractivity contribution is 6.25. The topological polar surface area (TPSA) is 0 Å². The SMILES string of the molecule is CC1(C)c2cc(-c3cccc(-c4c5ccccc5c(-c5cccc6ccccc56)c5ccccc45)c3)c3ccccc3c2-c2c1c1ccccc1c1ccccc21. The largest absolute Gasteiger partial charge is 0.0616 e. The molecule has 266 valence electrons. The van der Waals surface area contributed by atoms with Gasteiger partial charge in [-0.15, -0.1) is 0 Å². The van der Waals surface area contributed by atoms with E-state index in [0.717, 1.165) is 0 Å². The third-order valence-electron chi connectivity index (χ3n) is 13.0. The minimum absolute atomic E-state index is 0.200. The van der Waals surface area contributed by atoms with E-state index in [1.807, 2.05) is 0 Å². The maximum atomic E-state index is 2.53. The highest BCUT2D eigenvalue weighted by Crippen LogP contribution is 2.58. The van der Waals surface area contributed by atoms with Gasteiger partial charge in [0.1, 0.15) is 0 Å². The Bertz CT molecular complexity index is 3430. The van der Waals surface area contributed by atoms with Gasteiger partial charge in [-0.3, -0.25) is 0 Å². The quantitative estimate of drug-likeness (QED) is 0.126. The Balaban J connectivity index is 1.12. The van der Waals surface area contributed by atoms with Crippen molar-refractivity contribution in [1.29, 1.82) is 0 Å². The van der Waals surface area contributed by atoms with E-state index in [1.165, 1.54) is 120 Å². The van der Waals surface area contributed by atoms with Gasteiger partial charge in [0.2, 0.25) is 0 Å². The second-order valence-corrected chi connectivity index (χ2v) is 16.3. The lowest BCUT2D eigenvalue weighted by atomic mass is 9.78. The Morgan fingerprint density at radius 2 is 0.719 bits per heavy atom. The second-order valence-electron chi connectivity index (χ2n) is 16.3. The molecule has 0 fully saturated rings. The molecule has 57 heavy (non-hydrogen) atoms. The first-order valence-electron chi connectivity index (χ1n) is 20.1. The van der Waals surface area contributed by atoms with Crippen LogP contribution in [0.5, 0.6) is 0 Å². The van der Waals surface area contributed by atoms with Gasteiger partial charge in [-0.25, -0.2) is 0 Å². The minimum Gasteiger partial charge on any atom is -0.0616 e. The van der Waals surface area contributed by atoms with E-state index in [1.54, 1.807) is 0 Å². The Morgan fingerprint density at radius 3 is 1.37 bits per heavy atom. The zero-order valence-corrected chi connectivity index (χ0v) is 32.0. The molecule has 0 aromatic heterocycles. The van der Waals surface area contributed by atoms with E-state index in [0.29, 0.717) is 0 Å². The van der Waals surface area contributed by atoms with E-state index in [2.05, 4.69) is 208 Å². The van der Waals surface area contributed by atoms with Crippen LogP contribution in [0, 0.1) is 0 Å². The number of fused-ring (bicyclic) bond motifs is 13. The van der Waals surface area contributed by atoms with Crippen molar-refractivity contribution in [2.75, 3.05) is 0 Å².